The van der Waals surface area contributed by atoms with Gasteiger partial charge < -0.3 is 28.6 Å². The number of carbonyl (C=O) groups is 2. The van der Waals surface area contributed by atoms with Gasteiger partial charge in [0.05, 0.1) is 39.0 Å². The Kier molecular flexibility index (Phi) is 6.67. The lowest BCUT2D eigenvalue weighted by atomic mass is 9.94. The maximum absolute atomic E-state index is 13.8. The van der Waals surface area contributed by atoms with Gasteiger partial charge in [0, 0.05) is 37.1 Å². The molecule has 2 aliphatic heterocycles. The first-order chi connectivity index (χ1) is 17.5. The number of hydrogen-bond donors (Lipinski definition) is 1. The van der Waals surface area contributed by atoms with E-state index in [9.17, 15) is 14.7 Å². The largest absolute Gasteiger partial charge is 0.503 e. The molecule has 3 heterocycles. The van der Waals surface area contributed by atoms with Crippen LogP contribution in [0.5, 0.6) is 11.5 Å². The van der Waals surface area contributed by atoms with E-state index in [1.165, 1.54) is 19.1 Å². The molecular formula is C27H28N2O7. The number of furan rings is 1. The van der Waals surface area contributed by atoms with Crippen LogP contribution >= 0.6 is 0 Å². The van der Waals surface area contributed by atoms with Gasteiger partial charge in [0.15, 0.2) is 22.9 Å². The molecule has 1 amide bonds. The summed E-state index contributed by atoms with van der Waals surface area (Å²) >= 11 is 0. The minimum atomic E-state index is -0.836. The van der Waals surface area contributed by atoms with Gasteiger partial charge in [0.1, 0.15) is 5.75 Å². The van der Waals surface area contributed by atoms with Crippen LogP contribution in [0.4, 0.5) is 0 Å². The minimum Gasteiger partial charge on any atom is -0.503 e. The van der Waals surface area contributed by atoms with Crippen LogP contribution < -0.4 is 9.47 Å². The standard InChI is InChI=1S/C27H28N2O7/c1-33-19-8-4-3-7-18(19)23-22(24(30)21-16-17-6-5-9-20(34-2)26(17)36-21)25(31)27(32)29(23)11-10-28-12-14-35-15-13-28/h3-9,16,23,31H,10-15H2,1-2H3/t23-/m0/s1. The molecule has 1 fully saturated rings. The number of morpholine rings is 1. The van der Waals surface area contributed by atoms with Crippen LogP contribution in [0.1, 0.15) is 22.2 Å². The number of amides is 1. The first-order valence-electron chi connectivity index (χ1n) is 11.8. The monoisotopic (exact) mass is 492 g/mol. The van der Waals surface area contributed by atoms with Crippen molar-refractivity contribution in [1.82, 2.24) is 9.80 Å². The Morgan fingerprint density at radius 2 is 1.75 bits per heavy atom. The minimum absolute atomic E-state index is 0.0128. The van der Waals surface area contributed by atoms with Crippen molar-refractivity contribution in [2.75, 3.05) is 53.6 Å². The van der Waals surface area contributed by atoms with Crippen molar-refractivity contribution < 1.29 is 33.3 Å². The van der Waals surface area contributed by atoms with Gasteiger partial charge in [-0.1, -0.05) is 30.3 Å². The predicted molar refractivity (Wildman–Crippen MR) is 131 cm³/mol. The van der Waals surface area contributed by atoms with E-state index >= 15 is 0 Å². The van der Waals surface area contributed by atoms with Gasteiger partial charge in [-0.05, 0) is 18.2 Å². The maximum atomic E-state index is 13.8. The van der Waals surface area contributed by atoms with E-state index in [2.05, 4.69) is 4.90 Å². The number of hydrogen-bond acceptors (Lipinski definition) is 8. The number of nitrogens with zero attached hydrogens (tertiary/aromatic N) is 2. The molecule has 1 aromatic heterocycles. The molecule has 2 aromatic carbocycles. The summed E-state index contributed by atoms with van der Waals surface area (Å²) in [6.45, 7) is 3.67. The Morgan fingerprint density at radius 1 is 1.03 bits per heavy atom. The topological polar surface area (TPSA) is 102 Å². The number of Topliss-reactive ketones (excluding diaryl/α,β-unsaturated/α-hetero) is 1. The van der Waals surface area contributed by atoms with Crippen molar-refractivity contribution >= 4 is 22.7 Å². The number of benzene rings is 2. The van der Waals surface area contributed by atoms with E-state index in [1.54, 1.807) is 36.4 Å². The number of rotatable bonds is 8. The van der Waals surface area contributed by atoms with Crippen molar-refractivity contribution in [3.8, 4) is 11.5 Å². The number of para-hydroxylation sites is 2. The molecule has 2 aliphatic rings. The van der Waals surface area contributed by atoms with Crippen LogP contribution in [0, 0.1) is 0 Å². The second-order valence-corrected chi connectivity index (χ2v) is 8.68. The van der Waals surface area contributed by atoms with E-state index in [0.717, 1.165) is 13.1 Å². The summed E-state index contributed by atoms with van der Waals surface area (Å²) in [4.78, 5) is 30.8. The molecule has 0 spiro atoms. The van der Waals surface area contributed by atoms with Gasteiger partial charge in [0.2, 0.25) is 5.78 Å². The average molecular weight is 493 g/mol. The van der Waals surface area contributed by atoms with E-state index in [1.807, 2.05) is 12.1 Å². The van der Waals surface area contributed by atoms with Gasteiger partial charge in [-0.25, -0.2) is 0 Å². The van der Waals surface area contributed by atoms with E-state index in [-0.39, 0.29) is 11.3 Å². The van der Waals surface area contributed by atoms with E-state index < -0.39 is 23.5 Å². The summed E-state index contributed by atoms with van der Waals surface area (Å²) in [6, 6.07) is 13.3. The smallest absolute Gasteiger partial charge is 0.290 e. The first kappa shape index (κ1) is 23.9. The lowest BCUT2D eigenvalue weighted by Crippen LogP contribution is -2.43. The summed E-state index contributed by atoms with van der Waals surface area (Å²) in [7, 11) is 3.05. The number of ether oxygens (including phenoxy) is 3. The molecule has 188 valence electrons. The molecule has 1 saturated heterocycles. The fraction of sp³-hybridized carbons (Fsp3) is 0.333. The molecule has 9 heteroatoms. The molecule has 1 N–H and O–H groups in total. The quantitative estimate of drug-likeness (QED) is 0.478. The van der Waals surface area contributed by atoms with E-state index in [0.29, 0.717) is 54.3 Å². The number of aliphatic hydroxyl groups excluding tert-OH is 1. The van der Waals surface area contributed by atoms with Crippen LogP contribution in [0.3, 0.4) is 0 Å². The van der Waals surface area contributed by atoms with Crippen LogP contribution in [0.15, 0.2) is 64.3 Å². The fourth-order valence-corrected chi connectivity index (χ4v) is 4.85. The van der Waals surface area contributed by atoms with Crippen molar-refractivity contribution in [3.05, 3.63) is 71.2 Å². The number of methoxy groups -OCH3 is 2. The highest BCUT2D eigenvalue weighted by Crippen LogP contribution is 2.43. The Hall–Kier alpha value is -3.82. The highest BCUT2D eigenvalue weighted by atomic mass is 16.5. The second kappa shape index (κ2) is 10.0. The van der Waals surface area contributed by atoms with Crippen molar-refractivity contribution in [2.45, 2.75) is 6.04 Å². The van der Waals surface area contributed by atoms with Crippen LogP contribution in [-0.4, -0.2) is 80.2 Å². The lowest BCUT2D eigenvalue weighted by Gasteiger charge is -2.32. The van der Waals surface area contributed by atoms with Crippen molar-refractivity contribution in [1.29, 1.82) is 0 Å². The van der Waals surface area contributed by atoms with Gasteiger partial charge in [0.25, 0.3) is 5.91 Å². The molecular weight excluding hydrogens is 464 g/mol. The molecule has 0 saturated carbocycles. The molecule has 0 radical (unpaired) electrons. The van der Waals surface area contributed by atoms with Crippen molar-refractivity contribution in [3.63, 3.8) is 0 Å². The Morgan fingerprint density at radius 3 is 2.50 bits per heavy atom. The summed E-state index contributed by atoms with van der Waals surface area (Å²) in [5.41, 5.74) is 0.992. The van der Waals surface area contributed by atoms with Crippen LogP contribution in [0.25, 0.3) is 11.0 Å². The van der Waals surface area contributed by atoms with Crippen LogP contribution in [-0.2, 0) is 9.53 Å². The predicted octanol–water partition coefficient (Wildman–Crippen LogP) is 3.36. The van der Waals surface area contributed by atoms with Crippen LogP contribution in [0.2, 0.25) is 0 Å². The third-order valence-corrected chi connectivity index (χ3v) is 6.69. The Labute approximate surface area is 208 Å². The molecule has 0 unspecified atom stereocenters. The zero-order valence-corrected chi connectivity index (χ0v) is 20.2. The van der Waals surface area contributed by atoms with Crippen molar-refractivity contribution in [2.24, 2.45) is 0 Å². The van der Waals surface area contributed by atoms with Gasteiger partial charge >= 0.3 is 0 Å². The fourth-order valence-electron chi connectivity index (χ4n) is 4.85. The highest BCUT2D eigenvalue weighted by molar-refractivity contribution is 6.16. The molecule has 36 heavy (non-hydrogen) atoms. The molecule has 0 aliphatic carbocycles. The molecule has 9 nitrogen and oxygen atoms in total. The third kappa shape index (κ3) is 4.20. The second-order valence-electron chi connectivity index (χ2n) is 8.68. The Balaban J connectivity index is 1.54. The molecule has 0 bridgehead atoms. The summed E-state index contributed by atoms with van der Waals surface area (Å²) in [6.07, 6.45) is 0. The van der Waals surface area contributed by atoms with E-state index in [4.69, 9.17) is 18.6 Å². The lowest BCUT2D eigenvalue weighted by molar-refractivity contribution is -0.129. The molecule has 5 rings (SSSR count). The summed E-state index contributed by atoms with van der Waals surface area (Å²) < 4.78 is 22.2. The SMILES string of the molecule is COc1ccccc1[C@H]1C(C(=O)c2cc3cccc(OC)c3o2)=C(O)C(=O)N1CCN1CCOCC1. The number of fused-ring (bicyclic) bond motifs is 1. The molecule has 1 atom stereocenters. The number of carbonyl (C=O) groups excluding carboxylic acids is 2. The highest BCUT2D eigenvalue weighted by Gasteiger charge is 2.45. The van der Waals surface area contributed by atoms with Gasteiger partial charge in [-0.2, -0.15) is 0 Å². The number of ketones is 1. The number of aliphatic hydroxyl groups is 1. The normalized spacial score (nSPS) is 18.8. The third-order valence-electron chi connectivity index (χ3n) is 6.69. The summed E-state index contributed by atoms with van der Waals surface area (Å²) in [5, 5.41) is 11.7. The average Bonchev–Trinajstić information content (AvgIpc) is 3.46. The van der Waals surface area contributed by atoms with Gasteiger partial charge in [-0.15, -0.1) is 0 Å². The molecule has 3 aromatic rings. The zero-order valence-electron chi connectivity index (χ0n) is 20.2. The van der Waals surface area contributed by atoms with Gasteiger partial charge in [-0.3, -0.25) is 14.5 Å². The summed E-state index contributed by atoms with van der Waals surface area (Å²) in [5.74, 6) is -0.734. The maximum Gasteiger partial charge on any atom is 0.290 e. The Bertz CT molecular complexity index is 1320. The first-order valence-corrected chi connectivity index (χ1v) is 11.8. The zero-order chi connectivity index (χ0) is 25.2.